The Hall–Kier alpha value is -0.500. The molecule has 0 spiro atoms. The van der Waals surface area contributed by atoms with Gasteiger partial charge in [-0.3, -0.25) is 0 Å². The van der Waals surface area contributed by atoms with E-state index < -0.39 is 0 Å². The molecule has 0 aliphatic carbocycles. The summed E-state index contributed by atoms with van der Waals surface area (Å²) in [5, 5.41) is 9.90. The Morgan fingerprint density at radius 3 is 2.39 bits per heavy atom. The van der Waals surface area contributed by atoms with E-state index in [4.69, 9.17) is 33.7 Å². The van der Waals surface area contributed by atoms with Crippen molar-refractivity contribution < 1.29 is 14.6 Å². The van der Waals surface area contributed by atoms with Gasteiger partial charge in [0.2, 0.25) is 0 Å². The minimum absolute atomic E-state index is 0.102. The van der Waals surface area contributed by atoms with Crippen molar-refractivity contribution in [3.8, 4) is 5.75 Å². The molecule has 2 aromatic carbocycles. The molecule has 0 radical (unpaired) electrons. The maximum Gasteiger partial charge on any atom is 0.119 e. The average Bonchev–Trinajstić information content (AvgIpc) is 2.70. The van der Waals surface area contributed by atoms with E-state index in [1.807, 2.05) is 43.3 Å². The van der Waals surface area contributed by atoms with E-state index in [0.29, 0.717) is 18.1 Å². The fraction of sp³-hybridized carbons (Fsp3) is 0.429. The van der Waals surface area contributed by atoms with E-state index in [-0.39, 0.29) is 34.6 Å². The molecular weight excluding hydrogens is 432 g/mol. The summed E-state index contributed by atoms with van der Waals surface area (Å²) in [6.45, 7) is 2.51. The van der Waals surface area contributed by atoms with Gasteiger partial charge in [-0.2, -0.15) is 37.9 Å². The molecule has 3 nitrogen and oxygen atoms in total. The number of halogens is 1. The van der Waals surface area contributed by atoms with E-state index in [1.54, 1.807) is 0 Å². The summed E-state index contributed by atoms with van der Waals surface area (Å²) in [6.07, 6.45) is 0.0265. The zero-order valence-corrected chi connectivity index (χ0v) is 19.0. The van der Waals surface area contributed by atoms with Gasteiger partial charge in [0, 0.05) is 20.8 Å². The molecule has 1 fully saturated rings. The van der Waals surface area contributed by atoms with Crippen molar-refractivity contribution in [2.24, 2.45) is 0 Å². The minimum Gasteiger partial charge on any atom is -0.494 e. The standard InChI is InChI=1S/C21H25ClO3S3/c1-2-24-15-6-3-12(4-7-15)9-14-10-13(5-8-16(14)22)18-20(27)21(28)19(26)17(11-23)25-18/h3-8,10,17-21,23,26-28H,2,9,11H2,1H3. The third-order valence-corrected chi connectivity index (χ3v) is 7.65. The van der Waals surface area contributed by atoms with E-state index in [1.165, 1.54) is 0 Å². The Kier molecular flexibility index (Phi) is 7.93. The lowest BCUT2D eigenvalue weighted by Crippen LogP contribution is -2.48. The molecule has 0 aromatic heterocycles. The number of thiol groups is 3. The first-order valence-electron chi connectivity index (χ1n) is 9.25. The quantitative estimate of drug-likeness (QED) is 0.478. The zero-order valence-electron chi connectivity index (χ0n) is 15.5. The molecule has 28 heavy (non-hydrogen) atoms. The topological polar surface area (TPSA) is 38.7 Å². The second-order valence-corrected chi connectivity index (χ2v) is 9.05. The van der Waals surface area contributed by atoms with Gasteiger partial charge in [-0.05, 0) is 48.2 Å². The molecule has 1 aliphatic heterocycles. The molecular formula is C21H25ClO3S3. The summed E-state index contributed by atoms with van der Waals surface area (Å²) in [4.78, 5) is 0. The smallest absolute Gasteiger partial charge is 0.119 e. The lowest BCUT2D eigenvalue weighted by molar-refractivity contribution is -0.0628. The van der Waals surface area contributed by atoms with Gasteiger partial charge in [0.25, 0.3) is 0 Å². The third kappa shape index (κ3) is 4.97. The van der Waals surface area contributed by atoms with Crippen molar-refractivity contribution in [2.75, 3.05) is 13.2 Å². The SMILES string of the molecule is CCOc1ccc(Cc2cc(C3OC(CO)C(S)C(S)C3S)ccc2Cl)cc1. The molecule has 5 atom stereocenters. The van der Waals surface area contributed by atoms with Crippen LogP contribution in [0.2, 0.25) is 5.02 Å². The fourth-order valence-corrected chi connectivity index (χ4v) is 4.82. The second kappa shape index (κ2) is 10.0. The highest BCUT2D eigenvalue weighted by Crippen LogP contribution is 2.40. The average molecular weight is 457 g/mol. The first-order valence-corrected chi connectivity index (χ1v) is 11.2. The van der Waals surface area contributed by atoms with Crippen molar-refractivity contribution >= 4 is 49.5 Å². The molecule has 5 unspecified atom stereocenters. The van der Waals surface area contributed by atoms with Gasteiger partial charge in [0.1, 0.15) is 5.75 Å². The van der Waals surface area contributed by atoms with E-state index in [9.17, 15) is 5.11 Å². The van der Waals surface area contributed by atoms with Crippen molar-refractivity contribution in [3.63, 3.8) is 0 Å². The molecule has 1 saturated heterocycles. The van der Waals surface area contributed by atoms with Crippen LogP contribution in [0.15, 0.2) is 42.5 Å². The highest BCUT2D eigenvalue weighted by molar-refractivity contribution is 7.87. The largest absolute Gasteiger partial charge is 0.494 e. The molecule has 7 heteroatoms. The number of hydrogen-bond donors (Lipinski definition) is 4. The van der Waals surface area contributed by atoms with Crippen LogP contribution in [0.4, 0.5) is 0 Å². The molecule has 1 aliphatic rings. The molecule has 0 amide bonds. The van der Waals surface area contributed by atoms with Crippen molar-refractivity contribution in [3.05, 3.63) is 64.2 Å². The molecule has 1 N–H and O–H groups in total. The minimum atomic E-state index is -0.385. The van der Waals surface area contributed by atoms with Gasteiger partial charge in [0.05, 0.1) is 25.4 Å². The number of aliphatic hydroxyl groups excluding tert-OH is 1. The van der Waals surface area contributed by atoms with E-state index in [2.05, 4.69) is 31.3 Å². The Morgan fingerprint density at radius 2 is 1.75 bits per heavy atom. The van der Waals surface area contributed by atoms with Gasteiger partial charge < -0.3 is 14.6 Å². The van der Waals surface area contributed by atoms with Crippen LogP contribution in [0.5, 0.6) is 5.75 Å². The van der Waals surface area contributed by atoms with Crippen LogP contribution >= 0.6 is 49.5 Å². The van der Waals surface area contributed by atoms with Gasteiger partial charge in [-0.15, -0.1) is 0 Å². The summed E-state index contributed by atoms with van der Waals surface area (Å²) in [5.74, 6) is 0.857. The molecule has 152 valence electrons. The Morgan fingerprint density at radius 1 is 1.04 bits per heavy atom. The monoisotopic (exact) mass is 456 g/mol. The van der Waals surface area contributed by atoms with Crippen LogP contribution in [0, 0.1) is 0 Å². The summed E-state index contributed by atoms with van der Waals surface area (Å²) in [7, 11) is 0. The second-order valence-electron chi connectivity index (χ2n) is 6.85. The molecule has 1 heterocycles. The van der Waals surface area contributed by atoms with Crippen molar-refractivity contribution in [1.82, 2.24) is 0 Å². The summed E-state index contributed by atoms with van der Waals surface area (Å²) < 4.78 is 11.6. The Balaban J connectivity index is 1.82. The molecule has 0 saturated carbocycles. The van der Waals surface area contributed by atoms with Crippen LogP contribution in [-0.4, -0.2) is 40.2 Å². The van der Waals surface area contributed by atoms with Gasteiger partial charge in [-0.25, -0.2) is 0 Å². The molecule has 2 aromatic rings. The highest BCUT2D eigenvalue weighted by atomic mass is 35.5. The molecule has 0 bridgehead atoms. The fourth-order valence-electron chi connectivity index (χ4n) is 3.37. The van der Waals surface area contributed by atoms with Crippen LogP contribution in [-0.2, 0) is 11.2 Å². The van der Waals surface area contributed by atoms with E-state index in [0.717, 1.165) is 22.4 Å². The maximum absolute atomic E-state index is 9.62. The lowest BCUT2D eigenvalue weighted by Gasteiger charge is -2.41. The highest BCUT2D eigenvalue weighted by Gasteiger charge is 2.41. The summed E-state index contributed by atoms with van der Waals surface area (Å²) >= 11 is 20.3. The predicted molar refractivity (Wildman–Crippen MR) is 125 cm³/mol. The van der Waals surface area contributed by atoms with E-state index >= 15 is 0 Å². The van der Waals surface area contributed by atoms with Gasteiger partial charge >= 0.3 is 0 Å². The summed E-state index contributed by atoms with van der Waals surface area (Å²) in [5.41, 5.74) is 3.13. The molecule has 3 rings (SSSR count). The van der Waals surface area contributed by atoms with Crippen LogP contribution in [0.1, 0.15) is 29.7 Å². The number of benzene rings is 2. The predicted octanol–water partition coefficient (Wildman–Crippen LogP) is 4.66. The normalized spacial score (nSPS) is 27.6. The van der Waals surface area contributed by atoms with Crippen LogP contribution < -0.4 is 4.74 Å². The number of rotatable bonds is 6. The maximum atomic E-state index is 9.62. The number of aliphatic hydroxyl groups is 1. The van der Waals surface area contributed by atoms with Crippen molar-refractivity contribution in [2.45, 2.75) is 41.3 Å². The number of hydrogen-bond acceptors (Lipinski definition) is 6. The van der Waals surface area contributed by atoms with Crippen molar-refractivity contribution in [1.29, 1.82) is 0 Å². The summed E-state index contributed by atoms with van der Waals surface area (Å²) in [6, 6.07) is 13.9. The number of ether oxygens (including phenoxy) is 2. The first-order chi connectivity index (χ1) is 13.4. The Labute approximate surface area is 188 Å². The Bertz CT molecular complexity index is 785. The zero-order chi connectivity index (χ0) is 20.3. The van der Waals surface area contributed by atoms with Gasteiger partial charge in [0.15, 0.2) is 0 Å². The van der Waals surface area contributed by atoms with Crippen LogP contribution in [0.3, 0.4) is 0 Å². The third-order valence-electron chi connectivity index (χ3n) is 4.92. The van der Waals surface area contributed by atoms with Crippen LogP contribution in [0.25, 0.3) is 0 Å². The first kappa shape index (κ1) is 22.2. The van der Waals surface area contributed by atoms with Gasteiger partial charge in [-0.1, -0.05) is 35.9 Å². The lowest BCUT2D eigenvalue weighted by atomic mass is 9.94.